The maximum Gasteiger partial charge on any atom is 0.0775 e. The number of hydrogen-bond acceptors (Lipinski definition) is 0. The molecule has 0 saturated heterocycles. The van der Waals surface area contributed by atoms with Gasteiger partial charge in [-0.15, -0.1) is 0 Å². The van der Waals surface area contributed by atoms with Gasteiger partial charge in [0.15, 0.2) is 0 Å². The second-order valence-electron chi connectivity index (χ2n) is 24.0. The Morgan fingerprint density at radius 3 is 0.491 bits per heavy atom. The molecule has 0 fully saturated rings. The van der Waals surface area contributed by atoms with Crippen molar-refractivity contribution in [3.05, 3.63) is 106 Å². The zero-order chi connectivity index (χ0) is 42.8. The van der Waals surface area contributed by atoms with E-state index in [1.54, 1.807) is 64.5 Å². The van der Waals surface area contributed by atoms with E-state index < -0.39 is 48.4 Å². The van der Waals surface area contributed by atoms with E-state index >= 15 is 0 Å². The molecule has 0 aliphatic carbocycles. The van der Waals surface area contributed by atoms with E-state index in [2.05, 4.69) is 191 Å². The van der Waals surface area contributed by atoms with Crippen molar-refractivity contribution in [3.8, 4) is 0 Å². The molecule has 0 heterocycles. The van der Waals surface area contributed by atoms with E-state index in [-0.39, 0.29) is 0 Å². The van der Waals surface area contributed by atoms with Crippen LogP contribution in [-0.2, 0) is 38.5 Å². The molecule has 0 N–H and O–H groups in total. The van der Waals surface area contributed by atoms with Gasteiger partial charge < -0.3 is 0 Å². The minimum atomic E-state index is -1.39. The Labute approximate surface area is 359 Å². The minimum Gasteiger partial charge on any atom is -0.0656 e. The van der Waals surface area contributed by atoms with Crippen molar-refractivity contribution in [1.82, 2.24) is 0 Å². The summed E-state index contributed by atoms with van der Waals surface area (Å²) in [7, 11) is -8.33. The summed E-state index contributed by atoms with van der Waals surface area (Å²) in [5, 5.41) is 9.84. The van der Waals surface area contributed by atoms with Crippen molar-refractivity contribution in [2.24, 2.45) is 0 Å². The molecule has 0 aliphatic heterocycles. The molecule has 0 radical (unpaired) electrons. The second kappa shape index (κ2) is 18.4. The first kappa shape index (κ1) is 47.9. The van der Waals surface area contributed by atoms with Gasteiger partial charge in [0.25, 0.3) is 0 Å². The van der Waals surface area contributed by atoms with Gasteiger partial charge in [-0.25, -0.2) is 0 Å². The third-order valence-corrected chi connectivity index (χ3v) is 24.2. The standard InChI is InChI=1S/C51H84Si6/c1-52(2,3)46-31-43(32-47(37-46)53(4,5)6)25-19-22-40-28-41(23-20-26-44-33-48(54(7,8)9)38-49(34-44)55(10,11)12)30-42(29-40)24-21-27-45-35-50(56(13,14)15)39-51(36-45)57(16,17)18/h28-39H,19-27H2,1-18H3. The summed E-state index contributed by atoms with van der Waals surface area (Å²) < 4.78 is 0. The molecule has 4 rings (SSSR count). The molecular formula is C51H84Si6. The molecule has 0 aliphatic rings. The fraction of sp³-hybridized carbons (Fsp3) is 0.529. The lowest BCUT2D eigenvalue weighted by Crippen LogP contribution is -2.45. The lowest BCUT2D eigenvalue weighted by atomic mass is 9.94. The maximum atomic E-state index is 2.58. The van der Waals surface area contributed by atoms with Crippen LogP contribution in [0.15, 0.2) is 72.8 Å². The van der Waals surface area contributed by atoms with Crippen molar-refractivity contribution in [3.63, 3.8) is 0 Å². The summed E-state index contributed by atoms with van der Waals surface area (Å²) in [5.74, 6) is 0. The molecule has 6 heteroatoms. The first-order chi connectivity index (χ1) is 26.0. The minimum absolute atomic E-state index is 1.16. The van der Waals surface area contributed by atoms with Crippen molar-refractivity contribution < 1.29 is 0 Å². The zero-order valence-electron chi connectivity index (χ0n) is 40.3. The van der Waals surface area contributed by atoms with Crippen molar-refractivity contribution in [1.29, 1.82) is 0 Å². The van der Waals surface area contributed by atoms with Crippen molar-refractivity contribution >= 4 is 79.6 Å². The highest BCUT2D eigenvalue weighted by Crippen LogP contribution is 2.20. The summed E-state index contributed by atoms with van der Waals surface area (Å²) in [4.78, 5) is 0. The molecule has 4 aromatic rings. The lowest BCUT2D eigenvalue weighted by Gasteiger charge is -2.24. The van der Waals surface area contributed by atoms with Crippen LogP contribution in [0.3, 0.4) is 0 Å². The van der Waals surface area contributed by atoms with Crippen LogP contribution in [0.5, 0.6) is 0 Å². The van der Waals surface area contributed by atoms with Crippen LogP contribution in [0.2, 0.25) is 118 Å². The van der Waals surface area contributed by atoms with Gasteiger partial charge in [-0.2, -0.15) is 0 Å². The first-order valence-corrected chi connectivity index (χ1v) is 43.5. The zero-order valence-corrected chi connectivity index (χ0v) is 46.3. The van der Waals surface area contributed by atoms with Crippen LogP contribution in [0.4, 0.5) is 0 Å². The average Bonchev–Trinajstić information content (AvgIpc) is 3.05. The normalized spacial score (nSPS) is 13.4. The Kier molecular flexibility index (Phi) is 15.5. The van der Waals surface area contributed by atoms with Gasteiger partial charge >= 0.3 is 0 Å². The molecule has 0 unspecified atom stereocenters. The third-order valence-electron chi connectivity index (χ3n) is 12.1. The second-order valence-corrected chi connectivity index (χ2v) is 54.4. The van der Waals surface area contributed by atoms with E-state index in [4.69, 9.17) is 0 Å². The van der Waals surface area contributed by atoms with Gasteiger partial charge in [0.2, 0.25) is 0 Å². The SMILES string of the molecule is C[Si](C)(C)c1cc(CCCc2cc(CCCc3cc([Si](C)(C)C)cc([Si](C)(C)C)c3)cc(CCCc3cc([Si](C)(C)C)cc([Si](C)(C)C)c3)c2)cc([Si](C)(C)C)c1. The summed E-state index contributed by atoms with van der Waals surface area (Å²) in [5.41, 5.74) is 9.37. The van der Waals surface area contributed by atoms with Crippen molar-refractivity contribution in [2.45, 2.75) is 176 Å². The molecule has 0 amide bonds. The molecule has 0 bridgehead atoms. The van der Waals surface area contributed by atoms with Gasteiger partial charge in [0.05, 0.1) is 48.4 Å². The van der Waals surface area contributed by atoms with Gasteiger partial charge in [-0.05, 0) is 91.2 Å². The Balaban J connectivity index is 1.58. The van der Waals surface area contributed by atoms with Crippen molar-refractivity contribution in [2.75, 3.05) is 0 Å². The fourth-order valence-electron chi connectivity index (χ4n) is 7.87. The van der Waals surface area contributed by atoms with Gasteiger partial charge in [0, 0.05) is 0 Å². The molecule has 0 nitrogen and oxygen atoms in total. The number of rotatable bonds is 18. The van der Waals surface area contributed by atoms with Crippen LogP contribution in [0, 0.1) is 0 Å². The van der Waals surface area contributed by atoms with Crippen LogP contribution < -0.4 is 31.1 Å². The molecule has 0 spiro atoms. The van der Waals surface area contributed by atoms with Crippen LogP contribution >= 0.6 is 0 Å². The Morgan fingerprint density at radius 2 is 0.351 bits per heavy atom. The summed E-state index contributed by atoms with van der Waals surface area (Å²) >= 11 is 0. The topological polar surface area (TPSA) is 0 Å². The first-order valence-electron chi connectivity index (χ1n) is 22.5. The Hall–Kier alpha value is -1.82. The lowest BCUT2D eigenvalue weighted by molar-refractivity contribution is 0.789. The van der Waals surface area contributed by atoms with Gasteiger partial charge in [0.1, 0.15) is 0 Å². The average molecular weight is 866 g/mol. The molecule has 4 aromatic carbocycles. The maximum absolute atomic E-state index is 2.58. The summed E-state index contributed by atoms with van der Waals surface area (Å²) in [6.45, 7) is 45.2. The Morgan fingerprint density at radius 1 is 0.211 bits per heavy atom. The monoisotopic (exact) mass is 865 g/mol. The predicted octanol–water partition coefficient (Wildman–Crippen LogP) is 11.5. The number of hydrogen-bond donors (Lipinski definition) is 0. The number of benzene rings is 4. The van der Waals surface area contributed by atoms with E-state index in [9.17, 15) is 0 Å². The molecule has 0 atom stereocenters. The Bertz CT molecular complexity index is 1630. The highest BCUT2D eigenvalue weighted by atomic mass is 28.3. The van der Waals surface area contributed by atoms with Crippen LogP contribution in [-0.4, -0.2) is 48.4 Å². The van der Waals surface area contributed by atoms with Gasteiger partial charge in [-0.3, -0.25) is 0 Å². The van der Waals surface area contributed by atoms with E-state index in [1.807, 2.05) is 0 Å². The molecular weight excluding hydrogens is 781 g/mol. The quantitative estimate of drug-likeness (QED) is 0.0874. The molecule has 57 heavy (non-hydrogen) atoms. The highest BCUT2D eigenvalue weighted by Gasteiger charge is 2.25. The largest absolute Gasteiger partial charge is 0.0775 e. The highest BCUT2D eigenvalue weighted by molar-refractivity contribution is 6.93. The predicted molar refractivity (Wildman–Crippen MR) is 280 cm³/mol. The smallest absolute Gasteiger partial charge is 0.0656 e. The van der Waals surface area contributed by atoms with E-state index in [0.29, 0.717) is 0 Å². The fourth-order valence-corrected chi connectivity index (χ4v) is 15.5. The molecule has 312 valence electrons. The molecule has 0 aromatic heterocycles. The summed E-state index contributed by atoms with van der Waals surface area (Å²) in [6.07, 6.45) is 10.7. The van der Waals surface area contributed by atoms with Crippen LogP contribution in [0.1, 0.15) is 52.6 Å². The molecule has 0 saturated carbocycles. The van der Waals surface area contributed by atoms with Gasteiger partial charge in [-0.1, -0.05) is 222 Å². The van der Waals surface area contributed by atoms with Crippen LogP contribution in [0.25, 0.3) is 0 Å². The summed E-state index contributed by atoms with van der Waals surface area (Å²) in [6, 6.07) is 31.0. The number of aryl methyl sites for hydroxylation is 6. The van der Waals surface area contributed by atoms with E-state index in [1.165, 1.54) is 38.5 Å². The third kappa shape index (κ3) is 14.7. The van der Waals surface area contributed by atoms with E-state index in [0.717, 1.165) is 19.3 Å².